The minimum absolute atomic E-state index is 0.0842. The molecule has 0 bridgehead atoms. The van der Waals surface area contributed by atoms with Gasteiger partial charge in [0.25, 0.3) is 0 Å². The third-order valence-corrected chi connectivity index (χ3v) is 4.82. The fourth-order valence-corrected chi connectivity index (χ4v) is 3.44. The summed E-state index contributed by atoms with van der Waals surface area (Å²) in [4.78, 5) is 21.1. The quantitative estimate of drug-likeness (QED) is 0.858. The first kappa shape index (κ1) is 16.6. The van der Waals surface area contributed by atoms with E-state index in [4.69, 9.17) is 0 Å². The summed E-state index contributed by atoms with van der Waals surface area (Å²) in [5, 5.41) is 4.43. The predicted octanol–water partition coefficient (Wildman–Crippen LogP) is 1.74. The van der Waals surface area contributed by atoms with E-state index in [-0.39, 0.29) is 12.5 Å². The second-order valence-corrected chi connectivity index (χ2v) is 6.73. The van der Waals surface area contributed by atoms with E-state index >= 15 is 0 Å². The topological polar surface area (TPSA) is 54.3 Å². The molecule has 0 spiro atoms. The summed E-state index contributed by atoms with van der Waals surface area (Å²) in [7, 11) is 4.04. The third kappa shape index (κ3) is 3.64. The summed E-state index contributed by atoms with van der Waals surface area (Å²) in [5.41, 5.74) is 0.959. The van der Waals surface area contributed by atoms with Crippen LogP contribution in [0.1, 0.15) is 13.3 Å². The first-order valence-corrected chi connectivity index (χ1v) is 8.43. The van der Waals surface area contributed by atoms with Crippen molar-refractivity contribution in [2.24, 2.45) is 5.92 Å². The number of carbonyl (C=O) groups excluding carboxylic acids is 1. The standard InChI is InChI=1S/C18H25N5O/c1-14-11-21(2)10-9-16(14)22(3)17(24)12-23-13-19-18(20-23)15-7-5-4-6-8-15/h4-8,13-14,16H,9-12H2,1-3H3/t14-,16+/m1/s1. The molecule has 2 atom stereocenters. The van der Waals surface area contributed by atoms with E-state index in [9.17, 15) is 4.79 Å². The molecule has 0 aliphatic carbocycles. The Morgan fingerprint density at radius 2 is 2.08 bits per heavy atom. The highest BCUT2D eigenvalue weighted by Gasteiger charge is 2.29. The average molecular weight is 327 g/mol. The lowest BCUT2D eigenvalue weighted by atomic mass is 9.93. The summed E-state index contributed by atoms with van der Waals surface area (Å²) < 4.78 is 1.63. The molecule has 1 aliphatic rings. The highest BCUT2D eigenvalue weighted by Crippen LogP contribution is 2.20. The Bertz CT molecular complexity index is 684. The first-order chi connectivity index (χ1) is 11.5. The number of piperidine rings is 1. The summed E-state index contributed by atoms with van der Waals surface area (Å²) in [6.45, 7) is 4.51. The van der Waals surface area contributed by atoms with Crippen molar-refractivity contribution in [3.8, 4) is 11.4 Å². The molecule has 2 heterocycles. The molecule has 1 aromatic carbocycles. The Labute approximate surface area is 143 Å². The van der Waals surface area contributed by atoms with Crippen molar-refractivity contribution in [1.29, 1.82) is 0 Å². The molecule has 3 rings (SSSR count). The van der Waals surface area contributed by atoms with E-state index in [2.05, 4.69) is 29.0 Å². The summed E-state index contributed by atoms with van der Waals surface area (Å²) >= 11 is 0. The van der Waals surface area contributed by atoms with Gasteiger partial charge < -0.3 is 9.80 Å². The SMILES string of the molecule is C[C@@H]1CN(C)CC[C@@H]1N(C)C(=O)Cn1cnc(-c2ccccc2)n1. The number of benzene rings is 1. The van der Waals surface area contributed by atoms with Crippen LogP contribution >= 0.6 is 0 Å². The molecule has 6 heteroatoms. The van der Waals surface area contributed by atoms with Gasteiger partial charge in [0.2, 0.25) is 5.91 Å². The Balaban J connectivity index is 1.63. The zero-order valence-corrected chi connectivity index (χ0v) is 14.6. The largest absolute Gasteiger partial charge is 0.341 e. The van der Waals surface area contributed by atoms with Gasteiger partial charge in [-0.2, -0.15) is 5.10 Å². The maximum absolute atomic E-state index is 12.6. The van der Waals surface area contributed by atoms with Crippen molar-refractivity contribution < 1.29 is 4.79 Å². The number of aromatic nitrogens is 3. The van der Waals surface area contributed by atoms with Gasteiger partial charge in [0, 0.05) is 25.2 Å². The van der Waals surface area contributed by atoms with Crippen LogP contribution in [0.3, 0.4) is 0 Å². The number of amides is 1. The fraction of sp³-hybridized carbons (Fsp3) is 0.500. The molecule has 0 unspecified atom stereocenters. The smallest absolute Gasteiger partial charge is 0.244 e. The molecule has 1 aromatic heterocycles. The number of rotatable bonds is 4. The number of likely N-dealkylation sites (N-methyl/N-ethyl adjacent to an activating group) is 1. The van der Waals surface area contributed by atoms with Gasteiger partial charge in [0.1, 0.15) is 12.9 Å². The molecule has 0 N–H and O–H groups in total. The van der Waals surface area contributed by atoms with Crippen LogP contribution in [0.5, 0.6) is 0 Å². The molecule has 1 aliphatic heterocycles. The second kappa shape index (κ2) is 7.13. The zero-order chi connectivity index (χ0) is 17.1. The highest BCUT2D eigenvalue weighted by atomic mass is 16.2. The average Bonchev–Trinajstić information content (AvgIpc) is 3.03. The third-order valence-electron chi connectivity index (χ3n) is 4.82. The molecule has 1 amide bonds. The number of carbonyl (C=O) groups is 1. The van der Waals surface area contributed by atoms with Crippen molar-refractivity contribution in [3.63, 3.8) is 0 Å². The molecule has 24 heavy (non-hydrogen) atoms. The van der Waals surface area contributed by atoms with E-state index in [0.717, 1.165) is 25.1 Å². The van der Waals surface area contributed by atoms with Crippen molar-refractivity contribution in [3.05, 3.63) is 36.7 Å². The summed E-state index contributed by atoms with van der Waals surface area (Å²) in [6, 6.07) is 10.1. The lowest BCUT2D eigenvalue weighted by molar-refractivity contribution is -0.134. The van der Waals surface area contributed by atoms with Gasteiger partial charge in [-0.15, -0.1) is 0 Å². The molecule has 128 valence electrons. The van der Waals surface area contributed by atoms with Gasteiger partial charge in [-0.05, 0) is 25.9 Å². The van der Waals surface area contributed by atoms with Crippen molar-refractivity contribution in [2.75, 3.05) is 27.2 Å². The Hall–Kier alpha value is -2.21. The highest BCUT2D eigenvalue weighted by molar-refractivity contribution is 5.76. The van der Waals surface area contributed by atoms with E-state index in [0.29, 0.717) is 17.8 Å². The van der Waals surface area contributed by atoms with E-state index in [1.807, 2.05) is 42.3 Å². The number of hydrogen-bond donors (Lipinski definition) is 0. The van der Waals surface area contributed by atoms with E-state index in [1.165, 1.54) is 0 Å². The zero-order valence-electron chi connectivity index (χ0n) is 14.6. The van der Waals surface area contributed by atoms with Crippen LogP contribution in [-0.4, -0.2) is 63.7 Å². The van der Waals surface area contributed by atoms with Gasteiger partial charge in [-0.1, -0.05) is 37.3 Å². The van der Waals surface area contributed by atoms with Gasteiger partial charge in [-0.25, -0.2) is 9.67 Å². The lowest BCUT2D eigenvalue weighted by Gasteiger charge is -2.40. The van der Waals surface area contributed by atoms with Gasteiger partial charge in [0.15, 0.2) is 5.82 Å². The van der Waals surface area contributed by atoms with Crippen LogP contribution in [0.4, 0.5) is 0 Å². The molecular weight excluding hydrogens is 302 g/mol. The summed E-state index contributed by atoms with van der Waals surface area (Å²) in [6.07, 6.45) is 2.65. The van der Waals surface area contributed by atoms with Crippen molar-refractivity contribution in [1.82, 2.24) is 24.6 Å². The van der Waals surface area contributed by atoms with E-state index in [1.54, 1.807) is 11.0 Å². The minimum atomic E-state index is 0.0842. The lowest BCUT2D eigenvalue weighted by Crippen LogP contribution is -2.50. The van der Waals surface area contributed by atoms with Crippen LogP contribution in [-0.2, 0) is 11.3 Å². The fourth-order valence-electron chi connectivity index (χ4n) is 3.44. The van der Waals surface area contributed by atoms with Crippen LogP contribution in [0, 0.1) is 5.92 Å². The van der Waals surface area contributed by atoms with Gasteiger partial charge in [0.05, 0.1) is 0 Å². The van der Waals surface area contributed by atoms with E-state index < -0.39 is 0 Å². The Morgan fingerprint density at radius 3 is 2.79 bits per heavy atom. The van der Waals surface area contributed by atoms with Crippen molar-refractivity contribution in [2.45, 2.75) is 25.9 Å². The van der Waals surface area contributed by atoms with Crippen LogP contribution < -0.4 is 0 Å². The van der Waals surface area contributed by atoms with Crippen LogP contribution in [0.25, 0.3) is 11.4 Å². The monoisotopic (exact) mass is 327 g/mol. The molecular formula is C18H25N5O. The number of nitrogens with zero attached hydrogens (tertiary/aromatic N) is 5. The molecule has 0 radical (unpaired) electrons. The minimum Gasteiger partial charge on any atom is -0.341 e. The van der Waals surface area contributed by atoms with Crippen molar-refractivity contribution >= 4 is 5.91 Å². The Morgan fingerprint density at radius 1 is 1.33 bits per heavy atom. The normalized spacial score (nSPS) is 21.6. The molecule has 1 saturated heterocycles. The van der Waals surface area contributed by atoms with Gasteiger partial charge in [-0.3, -0.25) is 4.79 Å². The van der Waals surface area contributed by atoms with Crippen LogP contribution in [0.15, 0.2) is 36.7 Å². The Kier molecular flexibility index (Phi) is 4.94. The predicted molar refractivity (Wildman–Crippen MR) is 93.3 cm³/mol. The maximum Gasteiger partial charge on any atom is 0.244 e. The molecule has 2 aromatic rings. The summed E-state index contributed by atoms with van der Waals surface area (Å²) in [5.74, 6) is 1.22. The number of likely N-dealkylation sites (tertiary alicyclic amines) is 1. The first-order valence-electron chi connectivity index (χ1n) is 8.43. The molecule has 6 nitrogen and oxygen atoms in total. The second-order valence-electron chi connectivity index (χ2n) is 6.73. The molecule has 1 fully saturated rings. The van der Waals surface area contributed by atoms with Gasteiger partial charge >= 0.3 is 0 Å². The number of hydrogen-bond acceptors (Lipinski definition) is 4. The maximum atomic E-state index is 12.6. The molecule has 0 saturated carbocycles. The van der Waals surface area contributed by atoms with Crippen LogP contribution in [0.2, 0.25) is 0 Å².